The molecule has 3 aromatic rings. The molecule has 0 fully saturated rings. The normalized spacial score (nSPS) is 16.6. The number of hydrogen-bond acceptors (Lipinski definition) is 2. The van der Waals surface area contributed by atoms with Crippen LogP contribution in [-0.2, 0) is 6.54 Å². The first kappa shape index (κ1) is 14.4. The van der Waals surface area contributed by atoms with E-state index in [0.717, 1.165) is 22.8 Å². The highest BCUT2D eigenvalue weighted by atomic mass is 35.5. The van der Waals surface area contributed by atoms with E-state index in [-0.39, 0.29) is 11.9 Å². The third-order valence-electron chi connectivity index (χ3n) is 4.26. The summed E-state index contributed by atoms with van der Waals surface area (Å²) in [4.78, 5) is 4.39. The van der Waals surface area contributed by atoms with Crippen molar-refractivity contribution in [1.29, 1.82) is 0 Å². The SMILES string of the molecule is Cc1ncc2n1-c1ccc(Cl)cc1[C@H](c1ccccc1F)NC2. The maximum atomic E-state index is 14.3. The van der Waals surface area contributed by atoms with Crippen molar-refractivity contribution in [3.05, 3.63) is 82.1 Å². The fraction of sp³-hybridized carbons (Fsp3) is 0.167. The van der Waals surface area contributed by atoms with E-state index in [9.17, 15) is 4.39 Å². The summed E-state index contributed by atoms with van der Waals surface area (Å²) in [6.45, 7) is 2.57. The first-order valence-corrected chi connectivity index (χ1v) is 7.84. The van der Waals surface area contributed by atoms with E-state index in [1.165, 1.54) is 6.07 Å². The van der Waals surface area contributed by atoms with Crippen LogP contribution in [0.5, 0.6) is 0 Å². The highest BCUT2D eigenvalue weighted by molar-refractivity contribution is 6.30. The van der Waals surface area contributed by atoms with Gasteiger partial charge in [-0.15, -0.1) is 0 Å². The molecule has 2 aromatic carbocycles. The molecule has 5 heteroatoms. The molecular formula is C18H15ClFN3. The monoisotopic (exact) mass is 327 g/mol. The van der Waals surface area contributed by atoms with E-state index < -0.39 is 0 Å². The number of hydrogen-bond donors (Lipinski definition) is 1. The van der Waals surface area contributed by atoms with Gasteiger partial charge in [0.25, 0.3) is 0 Å². The summed E-state index contributed by atoms with van der Waals surface area (Å²) in [6.07, 6.45) is 1.85. The average molecular weight is 328 g/mol. The number of fused-ring (bicyclic) bond motifs is 3. The molecule has 0 amide bonds. The van der Waals surface area contributed by atoms with E-state index in [4.69, 9.17) is 11.6 Å². The van der Waals surface area contributed by atoms with Gasteiger partial charge in [-0.2, -0.15) is 0 Å². The molecule has 0 radical (unpaired) electrons. The molecule has 3 nitrogen and oxygen atoms in total. The van der Waals surface area contributed by atoms with Crippen LogP contribution in [0.3, 0.4) is 0 Å². The van der Waals surface area contributed by atoms with Gasteiger partial charge in [0.15, 0.2) is 0 Å². The zero-order chi connectivity index (χ0) is 16.0. The predicted molar refractivity (Wildman–Crippen MR) is 88.4 cm³/mol. The summed E-state index contributed by atoms with van der Waals surface area (Å²) >= 11 is 6.22. The van der Waals surface area contributed by atoms with Crippen molar-refractivity contribution >= 4 is 11.6 Å². The molecule has 1 atom stereocenters. The number of benzene rings is 2. The fourth-order valence-corrected chi connectivity index (χ4v) is 3.39. The van der Waals surface area contributed by atoms with Crippen LogP contribution in [0, 0.1) is 12.7 Å². The Morgan fingerprint density at radius 2 is 2.04 bits per heavy atom. The van der Waals surface area contributed by atoms with Crippen LogP contribution in [0.2, 0.25) is 5.02 Å². The highest BCUT2D eigenvalue weighted by Crippen LogP contribution is 2.34. The van der Waals surface area contributed by atoms with Crippen LogP contribution >= 0.6 is 11.6 Å². The summed E-state index contributed by atoms with van der Waals surface area (Å²) < 4.78 is 16.4. The van der Waals surface area contributed by atoms with E-state index in [1.807, 2.05) is 43.5 Å². The number of nitrogens with one attached hydrogen (secondary N) is 1. The van der Waals surface area contributed by atoms with Crippen molar-refractivity contribution in [3.63, 3.8) is 0 Å². The quantitative estimate of drug-likeness (QED) is 0.727. The van der Waals surface area contributed by atoms with Gasteiger partial charge >= 0.3 is 0 Å². The standard InChI is InChI=1S/C18H15ClFN3/c1-11-21-9-13-10-22-18(14-4-2-3-5-16(14)20)15-8-12(19)6-7-17(15)23(11)13/h2-9,18,22H,10H2,1H3/t18-/m0/s1. The van der Waals surface area contributed by atoms with Crippen LogP contribution in [-0.4, -0.2) is 9.55 Å². The molecule has 1 aliphatic rings. The van der Waals surface area contributed by atoms with Crippen LogP contribution < -0.4 is 5.32 Å². The number of imidazole rings is 1. The first-order valence-electron chi connectivity index (χ1n) is 7.46. The molecule has 0 spiro atoms. The molecule has 0 bridgehead atoms. The third kappa shape index (κ3) is 2.35. The second-order valence-corrected chi connectivity index (χ2v) is 6.11. The molecule has 4 rings (SSSR count). The molecule has 0 saturated heterocycles. The summed E-state index contributed by atoms with van der Waals surface area (Å²) in [5, 5.41) is 4.06. The molecule has 1 aliphatic heterocycles. The zero-order valence-corrected chi connectivity index (χ0v) is 13.3. The zero-order valence-electron chi connectivity index (χ0n) is 12.6. The smallest absolute Gasteiger partial charge is 0.128 e. The summed E-state index contributed by atoms with van der Waals surface area (Å²) in [5.41, 5.74) is 3.59. The Morgan fingerprint density at radius 3 is 2.87 bits per heavy atom. The summed E-state index contributed by atoms with van der Waals surface area (Å²) in [5.74, 6) is 0.678. The van der Waals surface area contributed by atoms with E-state index in [1.54, 1.807) is 6.07 Å². The molecule has 0 aliphatic carbocycles. The molecule has 1 N–H and O–H groups in total. The van der Waals surface area contributed by atoms with Gasteiger partial charge in [-0.05, 0) is 36.8 Å². The molecule has 116 valence electrons. The minimum Gasteiger partial charge on any atom is -0.300 e. The Kier molecular flexibility index (Phi) is 3.43. The van der Waals surface area contributed by atoms with Crippen LogP contribution in [0.25, 0.3) is 5.69 Å². The maximum absolute atomic E-state index is 14.3. The van der Waals surface area contributed by atoms with Gasteiger partial charge in [0, 0.05) is 17.1 Å². The highest BCUT2D eigenvalue weighted by Gasteiger charge is 2.26. The van der Waals surface area contributed by atoms with Crippen LogP contribution in [0.15, 0.2) is 48.7 Å². The van der Waals surface area contributed by atoms with Crippen molar-refractivity contribution in [2.45, 2.75) is 19.5 Å². The molecule has 0 saturated carbocycles. The van der Waals surface area contributed by atoms with Crippen molar-refractivity contribution in [3.8, 4) is 5.69 Å². The molecule has 2 heterocycles. The van der Waals surface area contributed by atoms with Crippen LogP contribution in [0.1, 0.15) is 28.7 Å². The topological polar surface area (TPSA) is 29.9 Å². The Bertz CT molecular complexity index is 888. The van der Waals surface area contributed by atoms with Gasteiger partial charge in [-0.25, -0.2) is 9.37 Å². The maximum Gasteiger partial charge on any atom is 0.128 e. The van der Waals surface area contributed by atoms with E-state index in [2.05, 4.69) is 14.9 Å². The minimum atomic E-state index is -0.260. The summed E-state index contributed by atoms with van der Waals surface area (Å²) in [7, 11) is 0. The van der Waals surface area contributed by atoms with Gasteiger partial charge in [-0.3, -0.25) is 4.57 Å². The number of aryl methyl sites for hydroxylation is 1. The van der Waals surface area contributed by atoms with Gasteiger partial charge in [0.2, 0.25) is 0 Å². The second-order valence-electron chi connectivity index (χ2n) is 5.67. The van der Waals surface area contributed by atoms with Gasteiger partial charge in [0.05, 0.1) is 23.6 Å². The van der Waals surface area contributed by atoms with Crippen molar-refractivity contribution in [2.75, 3.05) is 0 Å². The van der Waals surface area contributed by atoms with E-state index in [0.29, 0.717) is 17.1 Å². The molecule has 23 heavy (non-hydrogen) atoms. The number of rotatable bonds is 1. The first-order chi connectivity index (χ1) is 11.1. The number of halogens is 2. The van der Waals surface area contributed by atoms with Crippen molar-refractivity contribution in [2.24, 2.45) is 0 Å². The Morgan fingerprint density at radius 1 is 1.22 bits per heavy atom. The van der Waals surface area contributed by atoms with Gasteiger partial charge in [0.1, 0.15) is 11.6 Å². The Hall–Kier alpha value is -2.17. The average Bonchev–Trinajstić information content (AvgIpc) is 2.82. The Labute approximate surface area is 138 Å². The molecule has 1 aromatic heterocycles. The van der Waals surface area contributed by atoms with Crippen molar-refractivity contribution < 1.29 is 4.39 Å². The summed E-state index contributed by atoms with van der Waals surface area (Å²) in [6, 6.07) is 12.3. The molecule has 0 unspecified atom stereocenters. The van der Waals surface area contributed by atoms with Gasteiger partial charge in [-0.1, -0.05) is 29.8 Å². The third-order valence-corrected chi connectivity index (χ3v) is 4.49. The van der Waals surface area contributed by atoms with Crippen molar-refractivity contribution in [1.82, 2.24) is 14.9 Å². The lowest BCUT2D eigenvalue weighted by atomic mass is 9.97. The van der Waals surface area contributed by atoms with Crippen LogP contribution in [0.4, 0.5) is 4.39 Å². The minimum absolute atomic E-state index is 0.225. The predicted octanol–water partition coefficient (Wildman–Crippen LogP) is 4.17. The number of aromatic nitrogens is 2. The lowest BCUT2D eigenvalue weighted by Crippen LogP contribution is -2.21. The molecular weight excluding hydrogens is 313 g/mol. The van der Waals surface area contributed by atoms with E-state index >= 15 is 0 Å². The number of nitrogens with zero attached hydrogens (tertiary/aromatic N) is 2. The van der Waals surface area contributed by atoms with Gasteiger partial charge < -0.3 is 5.32 Å². The largest absolute Gasteiger partial charge is 0.300 e. The fourth-order valence-electron chi connectivity index (χ4n) is 3.21. The lowest BCUT2D eigenvalue weighted by molar-refractivity contribution is 0.551. The Balaban J connectivity index is 1.97. The lowest BCUT2D eigenvalue weighted by Gasteiger charge is -2.20. The second kappa shape index (κ2) is 5.48.